The molecular formula is C24H14Cl4F3NO3. The van der Waals surface area contributed by atoms with Gasteiger partial charge in [0.05, 0.1) is 21.7 Å². The van der Waals surface area contributed by atoms with Gasteiger partial charge in [-0.15, -0.1) is 0 Å². The summed E-state index contributed by atoms with van der Waals surface area (Å²) in [7, 11) is 0. The molecule has 0 aliphatic carbocycles. The van der Waals surface area contributed by atoms with Gasteiger partial charge >= 0.3 is 6.18 Å². The van der Waals surface area contributed by atoms with Crippen LogP contribution in [-0.4, -0.2) is 11.9 Å². The third kappa shape index (κ3) is 6.33. The molecule has 0 radical (unpaired) electrons. The normalized spacial score (nSPS) is 13.0. The van der Waals surface area contributed by atoms with Gasteiger partial charge in [0.15, 0.2) is 11.9 Å². The lowest BCUT2D eigenvalue weighted by molar-refractivity contribution is -0.137. The Morgan fingerprint density at radius 1 is 0.914 bits per heavy atom. The molecule has 0 amide bonds. The van der Waals surface area contributed by atoms with Gasteiger partial charge in [0.25, 0.3) is 0 Å². The highest BCUT2D eigenvalue weighted by Crippen LogP contribution is 2.39. The number of nitriles is 1. The summed E-state index contributed by atoms with van der Waals surface area (Å²) in [6.45, 7) is 1.42. The number of ether oxygens (including phenoxy) is 2. The number of nitrogens with zero attached hydrogens (tertiary/aromatic N) is 1. The van der Waals surface area contributed by atoms with Crippen molar-refractivity contribution in [2.24, 2.45) is 0 Å². The van der Waals surface area contributed by atoms with Crippen LogP contribution >= 0.6 is 46.4 Å². The smallest absolute Gasteiger partial charge is 0.416 e. The van der Waals surface area contributed by atoms with E-state index in [0.717, 1.165) is 18.2 Å². The van der Waals surface area contributed by atoms with E-state index in [1.54, 1.807) is 6.07 Å². The Morgan fingerprint density at radius 2 is 1.57 bits per heavy atom. The van der Waals surface area contributed by atoms with E-state index >= 15 is 0 Å². The van der Waals surface area contributed by atoms with Gasteiger partial charge in [-0.3, -0.25) is 4.79 Å². The molecule has 11 heteroatoms. The van der Waals surface area contributed by atoms with Crippen LogP contribution < -0.4 is 9.47 Å². The molecule has 4 nitrogen and oxygen atoms in total. The van der Waals surface area contributed by atoms with Crippen molar-refractivity contribution in [1.29, 1.82) is 5.26 Å². The van der Waals surface area contributed by atoms with Crippen LogP contribution in [0.25, 0.3) is 0 Å². The summed E-state index contributed by atoms with van der Waals surface area (Å²) < 4.78 is 49.8. The van der Waals surface area contributed by atoms with Gasteiger partial charge in [0.1, 0.15) is 23.2 Å². The van der Waals surface area contributed by atoms with E-state index in [4.69, 9.17) is 55.9 Å². The van der Waals surface area contributed by atoms with Crippen molar-refractivity contribution in [2.45, 2.75) is 25.1 Å². The van der Waals surface area contributed by atoms with Crippen molar-refractivity contribution in [3.05, 3.63) is 85.8 Å². The highest BCUT2D eigenvalue weighted by atomic mass is 35.5. The molecule has 0 saturated carbocycles. The summed E-state index contributed by atoms with van der Waals surface area (Å²) in [5.41, 5.74) is -0.758. The van der Waals surface area contributed by atoms with Crippen molar-refractivity contribution in [3.8, 4) is 23.3 Å². The molecule has 0 aliphatic heterocycles. The minimum Gasteiger partial charge on any atom is -0.481 e. The number of ketones is 1. The fourth-order valence-corrected chi connectivity index (χ4v) is 4.06. The summed E-state index contributed by atoms with van der Waals surface area (Å²) in [6, 6.07) is 13.3. The van der Waals surface area contributed by atoms with Gasteiger partial charge in [-0.25, -0.2) is 0 Å². The number of hydrogen-bond donors (Lipinski definition) is 0. The zero-order chi connectivity index (χ0) is 25.9. The highest BCUT2D eigenvalue weighted by Gasteiger charge is 2.32. The summed E-state index contributed by atoms with van der Waals surface area (Å²) in [5, 5.41) is 9.79. The fraction of sp³-hybridized carbons (Fsp3) is 0.167. The first-order valence-electron chi connectivity index (χ1n) is 9.80. The molecule has 3 aromatic rings. The molecule has 2 unspecified atom stereocenters. The van der Waals surface area contributed by atoms with Crippen LogP contribution in [0.15, 0.2) is 54.6 Å². The number of alkyl halides is 3. The molecule has 0 bridgehead atoms. The Labute approximate surface area is 218 Å². The van der Waals surface area contributed by atoms with Gasteiger partial charge in [0, 0.05) is 21.7 Å². The molecule has 182 valence electrons. The summed E-state index contributed by atoms with van der Waals surface area (Å²) in [4.78, 5) is 13.0. The van der Waals surface area contributed by atoms with Crippen LogP contribution in [0.2, 0.25) is 20.1 Å². The largest absolute Gasteiger partial charge is 0.481 e. The minimum absolute atomic E-state index is 0.0324. The average molecular weight is 563 g/mol. The van der Waals surface area contributed by atoms with E-state index in [2.05, 4.69) is 0 Å². The second kappa shape index (κ2) is 11.0. The predicted octanol–water partition coefficient (Wildman–Crippen LogP) is 8.76. The zero-order valence-corrected chi connectivity index (χ0v) is 20.7. The third-order valence-corrected chi connectivity index (χ3v) is 6.06. The topological polar surface area (TPSA) is 59.3 Å². The van der Waals surface area contributed by atoms with Gasteiger partial charge in [-0.2, -0.15) is 18.4 Å². The zero-order valence-electron chi connectivity index (χ0n) is 17.7. The molecule has 35 heavy (non-hydrogen) atoms. The van der Waals surface area contributed by atoms with E-state index in [1.807, 2.05) is 6.07 Å². The Balaban J connectivity index is 1.81. The third-order valence-electron chi connectivity index (χ3n) is 4.80. The average Bonchev–Trinajstić information content (AvgIpc) is 2.78. The van der Waals surface area contributed by atoms with E-state index in [9.17, 15) is 23.2 Å². The summed E-state index contributed by atoms with van der Waals surface area (Å²) in [5.74, 6) is -1.77. The molecule has 0 aromatic heterocycles. The minimum atomic E-state index is -4.55. The van der Waals surface area contributed by atoms with Gasteiger partial charge in [-0.1, -0.05) is 52.5 Å². The molecule has 0 fully saturated rings. The number of carbonyl (C=O) groups is 1. The first kappa shape index (κ1) is 27.0. The quantitative estimate of drug-likeness (QED) is 0.289. The molecule has 2 atom stereocenters. The number of rotatable bonds is 7. The van der Waals surface area contributed by atoms with Crippen molar-refractivity contribution in [1.82, 2.24) is 0 Å². The molecule has 0 N–H and O–H groups in total. The Bertz CT molecular complexity index is 1290. The summed E-state index contributed by atoms with van der Waals surface area (Å²) in [6.07, 6.45) is -5.70. The summed E-state index contributed by atoms with van der Waals surface area (Å²) >= 11 is 24.4. The second-order valence-electron chi connectivity index (χ2n) is 7.20. The lowest BCUT2D eigenvalue weighted by atomic mass is 9.93. The standard InChI is InChI=1S/C24H14Cl4F3NO3/c1-12(23(33)15(11-32)22-17(26)3-2-4-18(22)27)34-21-10-14(6-7-16(21)25)35-20-8-5-13(9-19(20)28)24(29,30)31/h2-10,12,15H,1H3. The lowest BCUT2D eigenvalue weighted by Crippen LogP contribution is -2.29. The van der Waals surface area contributed by atoms with E-state index in [-0.39, 0.29) is 42.9 Å². The molecule has 0 saturated heterocycles. The van der Waals surface area contributed by atoms with Crippen LogP contribution in [0.1, 0.15) is 24.0 Å². The van der Waals surface area contributed by atoms with Crippen LogP contribution in [0.5, 0.6) is 17.2 Å². The van der Waals surface area contributed by atoms with Crippen molar-refractivity contribution >= 4 is 52.2 Å². The highest BCUT2D eigenvalue weighted by molar-refractivity contribution is 6.36. The number of benzene rings is 3. The maximum Gasteiger partial charge on any atom is 0.416 e. The first-order chi connectivity index (χ1) is 16.4. The van der Waals surface area contributed by atoms with Crippen molar-refractivity contribution in [3.63, 3.8) is 0 Å². The fourth-order valence-electron chi connectivity index (χ4n) is 3.06. The lowest BCUT2D eigenvalue weighted by Gasteiger charge is -2.19. The predicted molar refractivity (Wildman–Crippen MR) is 128 cm³/mol. The van der Waals surface area contributed by atoms with Crippen LogP contribution in [0, 0.1) is 11.3 Å². The van der Waals surface area contributed by atoms with Crippen molar-refractivity contribution in [2.75, 3.05) is 0 Å². The monoisotopic (exact) mass is 561 g/mol. The second-order valence-corrected chi connectivity index (χ2v) is 8.83. The molecule has 0 heterocycles. The number of hydrogen-bond acceptors (Lipinski definition) is 4. The maximum absolute atomic E-state index is 13.0. The molecular weight excluding hydrogens is 549 g/mol. The van der Waals surface area contributed by atoms with Crippen LogP contribution in [-0.2, 0) is 11.0 Å². The van der Waals surface area contributed by atoms with Gasteiger partial charge in [0.2, 0.25) is 0 Å². The first-order valence-corrected chi connectivity index (χ1v) is 11.3. The SMILES string of the molecule is CC(Oc1cc(Oc2ccc(C(F)(F)F)cc2Cl)ccc1Cl)C(=O)C(C#N)c1c(Cl)cccc1Cl. The van der Waals surface area contributed by atoms with Gasteiger partial charge in [-0.05, 0) is 49.4 Å². The number of Topliss-reactive ketones (excluding diaryl/α,β-unsaturated/α-hetero) is 1. The molecule has 3 rings (SSSR count). The molecule has 3 aromatic carbocycles. The maximum atomic E-state index is 13.0. The van der Waals surface area contributed by atoms with Crippen LogP contribution in [0.4, 0.5) is 13.2 Å². The van der Waals surface area contributed by atoms with E-state index < -0.39 is 29.5 Å². The Hall–Kier alpha value is -2.63. The van der Waals surface area contributed by atoms with E-state index in [0.29, 0.717) is 0 Å². The Kier molecular flexibility index (Phi) is 8.45. The molecule has 0 spiro atoms. The van der Waals surface area contributed by atoms with Crippen molar-refractivity contribution < 1.29 is 27.4 Å². The van der Waals surface area contributed by atoms with Gasteiger partial charge < -0.3 is 9.47 Å². The Morgan fingerprint density at radius 3 is 2.14 bits per heavy atom. The molecule has 0 aliphatic rings. The number of carbonyl (C=O) groups excluding carboxylic acids is 1. The van der Waals surface area contributed by atoms with E-state index in [1.165, 1.54) is 37.3 Å². The van der Waals surface area contributed by atoms with Crippen LogP contribution in [0.3, 0.4) is 0 Å². The number of halogens is 7.